The summed E-state index contributed by atoms with van der Waals surface area (Å²) in [5, 5.41) is 27.9. The molecule has 0 aromatic heterocycles. The molecule has 0 fully saturated rings. The fourth-order valence-corrected chi connectivity index (χ4v) is 1.49. The van der Waals surface area contributed by atoms with Crippen LogP contribution in [-0.2, 0) is 4.79 Å². The van der Waals surface area contributed by atoms with E-state index in [-0.39, 0.29) is 17.3 Å². The van der Waals surface area contributed by atoms with Gasteiger partial charge in [-0.05, 0) is 18.1 Å². The van der Waals surface area contributed by atoms with E-state index in [1.807, 2.05) is 0 Å². The maximum Gasteiger partial charge on any atom is 0.216 e. The molecule has 1 aromatic rings. The van der Waals surface area contributed by atoms with E-state index in [4.69, 9.17) is 5.11 Å². The molecule has 0 radical (unpaired) electrons. The number of Topliss-reactive ketones (excluding diaryl/α,β-unsaturated/α-hetero) is 1. The van der Waals surface area contributed by atoms with Crippen LogP contribution in [0.3, 0.4) is 0 Å². The topological polar surface area (TPSA) is 77.8 Å². The summed E-state index contributed by atoms with van der Waals surface area (Å²) >= 11 is 0. The molecule has 1 aromatic carbocycles. The highest BCUT2D eigenvalue weighted by molar-refractivity contribution is 6.00. The number of rotatable bonds is 1. The Labute approximate surface area is 104 Å². The first-order chi connectivity index (χ1) is 8.59. The fourth-order valence-electron chi connectivity index (χ4n) is 1.49. The van der Waals surface area contributed by atoms with Crippen LogP contribution in [0.15, 0.2) is 36.4 Å². The van der Waals surface area contributed by atoms with Crippen LogP contribution in [0.2, 0.25) is 0 Å². The number of benzene rings is 1. The van der Waals surface area contributed by atoms with Crippen molar-refractivity contribution in [2.75, 3.05) is 0 Å². The van der Waals surface area contributed by atoms with Crippen LogP contribution in [0.1, 0.15) is 5.56 Å². The van der Waals surface area contributed by atoms with Crippen molar-refractivity contribution in [3.63, 3.8) is 0 Å². The highest BCUT2D eigenvalue weighted by Gasteiger charge is 2.12. The Morgan fingerprint density at radius 2 is 1.72 bits per heavy atom. The van der Waals surface area contributed by atoms with Crippen LogP contribution in [0.5, 0.6) is 17.2 Å². The number of allylic oxidation sites excluding steroid dienone is 4. The van der Waals surface area contributed by atoms with Gasteiger partial charge in [-0.25, -0.2) is 0 Å². The van der Waals surface area contributed by atoms with Gasteiger partial charge in [0.1, 0.15) is 0 Å². The number of hydrogen-bond acceptors (Lipinski definition) is 4. The molecule has 90 valence electrons. The molecule has 0 bridgehead atoms. The Bertz CT molecular complexity index is 603. The van der Waals surface area contributed by atoms with Crippen molar-refractivity contribution in [2.24, 2.45) is 5.92 Å². The zero-order chi connectivity index (χ0) is 13.1. The largest absolute Gasteiger partial charge is 0.504 e. The van der Waals surface area contributed by atoms with Crippen molar-refractivity contribution in [2.45, 2.75) is 0 Å². The lowest BCUT2D eigenvalue weighted by atomic mass is 10.1. The number of phenols is 3. The van der Waals surface area contributed by atoms with Gasteiger partial charge in [0.05, 0.1) is 11.5 Å². The van der Waals surface area contributed by atoms with Crippen molar-refractivity contribution >= 4 is 5.78 Å². The van der Waals surface area contributed by atoms with E-state index < -0.39 is 17.2 Å². The average Bonchev–Trinajstić information content (AvgIpc) is 2.89. The number of ketones is 1. The van der Waals surface area contributed by atoms with E-state index >= 15 is 0 Å². The molecule has 0 heterocycles. The third-order valence-electron chi connectivity index (χ3n) is 2.50. The summed E-state index contributed by atoms with van der Waals surface area (Å²) in [5.41, 5.74) is 0.0876. The van der Waals surface area contributed by atoms with Gasteiger partial charge in [0, 0.05) is 0 Å². The molecule has 0 atom stereocenters. The number of carbonyl (C=O) groups excluding carboxylic acids is 1. The summed E-state index contributed by atoms with van der Waals surface area (Å²) in [6.07, 6.45) is 6.94. The highest BCUT2D eigenvalue weighted by Crippen LogP contribution is 2.36. The summed E-state index contributed by atoms with van der Waals surface area (Å²) in [7, 11) is 0. The molecule has 3 N–H and O–H groups in total. The lowest BCUT2D eigenvalue weighted by Crippen LogP contribution is -2.04. The second kappa shape index (κ2) is 4.68. The Morgan fingerprint density at radius 3 is 2.39 bits per heavy atom. The van der Waals surface area contributed by atoms with Gasteiger partial charge in [0.15, 0.2) is 11.5 Å². The maximum atomic E-state index is 11.6. The van der Waals surface area contributed by atoms with E-state index in [2.05, 4.69) is 11.8 Å². The van der Waals surface area contributed by atoms with Crippen molar-refractivity contribution in [1.29, 1.82) is 0 Å². The smallest absolute Gasteiger partial charge is 0.216 e. The lowest BCUT2D eigenvalue weighted by Gasteiger charge is -2.01. The minimum absolute atomic E-state index is 0.0876. The molecule has 0 saturated heterocycles. The fraction of sp³-hybridized carbons (Fsp3) is 0.0714. The van der Waals surface area contributed by atoms with Gasteiger partial charge < -0.3 is 15.3 Å². The maximum absolute atomic E-state index is 11.6. The average molecular weight is 242 g/mol. The number of aromatic hydroxyl groups is 3. The second-order valence-corrected chi connectivity index (χ2v) is 3.74. The molecular formula is C14H10O4. The molecule has 0 saturated carbocycles. The quantitative estimate of drug-likeness (QED) is 0.514. The summed E-state index contributed by atoms with van der Waals surface area (Å²) in [6.45, 7) is 0. The molecule has 4 heteroatoms. The first-order valence-corrected chi connectivity index (χ1v) is 5.24. The van der Waals surface area contributed by atoms with Gasteiger partial charge >= 0.3 is 0 Å². The second-order valence-electron chi connectivity index (χ2n) is 3.74. The summed E-state index contributed by atoms with van der Waals surface area (Å²) in [6, 6.07) is 2.52. The van der Waals surface area contributed by atoms with Crippen molar-refractivity contribution < 1.29 is 20.1 Å². The van der Waals surface area contributed by atoms with Gasteiger partial charge in [0.25, 0.3) is 0 Å². The number of carbonyl (C=O) groups is 1. The van der Waals surface area contributed by atoms with Crippen molar-refractivity contribution in [3.05, 3.63) is 42.0 Å². The Kier molecular flexibility index (Phi) is 3.07. The zero-order valence-electron chi connectivity index (χ0n) is 9.29. The van der Waals surface area contributed by atoms with Crippen LogP contribution in [0.25, 0.3) is 0 Å². The summed E-state index contributed by atoms with van der Waals surface area (Å²) in [5.74, 6) is 2.58. The Morgan fingerprint density at radius 1 is 1.06 bits per heavy atom. The highest BCUT2D eigenvalue weighted by atomic mass is 16.3. The Balaban J connectivity index is 2.25. The zero-order valence-corrected chi connectivity index (χ0v) is 9.29. The molecule has 0 aliphatic heterocycles. The van der Waals surface area contributed by atoms with Crippen LogP contribution >= 0.6 is 0 Å². The lowest BCUT2D eigenvalue weighted by molar-refractivity contribution is -0.114. The van der Waals surface area contributed by atoms with Crippen LogP contribution in [0.4, 0.5) is 0 Å². The number of phenolic OH excluding ortho intramolecular Hbond substituents is 3. The number of hydrogen-bond donors (Lipinski definition) is 3. The third-order valence-corrected chi connectivity index (χ3v) is 2.50. The van der Waals surface area contributed by atoms with E-state index in [1.54, 1.807) is 24.3 Å². The van der Waals surface area contributed by atoms with Gasteiger partial charge in [-0.2, -0.15) is 0 Å². The molecular weight excluding hydrogens is 232 g/mol. The van der Waals surface area contributed by atoms with E-state index in [1.165, 1.54) is 12.1 Å². The molecule has 2 rings (SSSR count). The minimum Gasteiger partial charge on any atom is -0.504 e. The molecule has 1 aliphatic rings. The predicted molar refractivity (Wildman–Crippen MR) is 65.1 cm³/mol. The van der Waals surface area contributed by atoms with Crippen LogP contribution in [-0.4, -0.2) is 21.1 Å². The standard InChI is InChI=1S/C14H10O4/c15-11(9-3-1-2-4-9)7-5-10-6-8-12(16)14(18)13(10)17/h1-4,6,8-9,16-18H. The molecule has 0 unspecified atom stereocenters. The van der Waals surface area contributed by atoms with Crippen molar-refractivity contribution in [1.82, 2.24) is 0 Å². The van der Waals surface area contributed by atoms with Crippen LogP contribution < -0.4 is 0 Å². The van der Waals surface area contributed by atoms with Crippen molar-refractivity contribution in [3.8, 4) is 29.1 Å². The molecule has 0 amide bonds. The Hall–Kier alpha value is -2.67. The first kappa shape index (κ1) is 11.8. The first-order valence-electron chi connectivity index (χ1n) is 5.24. The summed E-state index contributed by atoms with van der Waals surface area (Å²) < 4.78 is 0. The van der Waals surface area contributed by atoms with Gasteiger partial charge in [-0.15, -0.1) is 0 Å². The normalized spacial score (nSPS) is 13.3. The SMILES string of the molecule is O=C(C#Cc1ccc(O)c(O)c1O)C1C=CC=C1. The molecule has 0 spiro atoms. The molecule has 4 nitrogen and oxygen atoms in total. The van der Waals surface area contributed by atoms with Crippen LogP contribution in [0, 0.1) is 17.8 Å². The predicted octanol–water partition coefficient (Wildman–Crippen LogP) is 1.47. The van der Waals surface area contributed by atoms with E-state index in [0.717, 1.165) is 0 Å². The molecule has 18 heavy (non-hydrogen) atoms. The van der Waals surface area contributed by atoms with E-state index in [9.17, 15) is 15.0 Å². The minimum atomic E-state index is -0.644. The third kappa shape index (κ3) is 2.20. The summed E-state index contributed by atoms with van der Waals surface area (Å²) in [4.78, 5) is 11.6. The van der Waals surface area contributed by atoms with E-state index in [0.29, 0.717) is 0 Å². The van der Waals surface area contributed by atoms with Gasteiger partial charge in [0.2, 0.25) is 11.5 Å². The molecule has 1 aliphatic carbocycles. The monoisotopic (exact) mass is 242 g/mol. The van der Waals surface area contributed by atoms with Gasteiger partial charge in [-0.3, -0.25) is 4.79 Å². The van der Waals surface area contributed by atoms with Gasteiger partial charge in [-0.1, -0.05) is 30.2 Å².